The number of amides is 2. The zero-order valence-corrected chi connectivity index (χ0v) is 22.7. The maximum atomic E-state index is 14.1. The second-order valence-electron chi connectivity index (χ2n) is 8.88. The quantitative estimate of drug-likeness (QED) is 0.555. The second-order valence-corrected chi connectivity index (χ2v) is 9.63. The first-order valence-corrected chi connectivity index (χ1v) is 12.4. The van der Waals surface area contributed by atoms with E-state index >= 15 is 0 Å². The Bertz CT molecular complexity index is 1100. The highest BCUT2D eigenvalue weighted by molar-refractivity contribution is 6.42. The average Bonchev–Trinajstić information content (AvgIpc) is 2.85. The fraction of sp³-hybridized carbons (Fsp3) is 0.522. The molecule has 36 heavy (non-hydrogen) atoms. The molecule has 2 saturated heterocycles. The molecule has 2 aromatic rings. The van der Waals surface area contributed by atoms with Gasteiger partial charge in [-0.05, 0) is 25.9 Å². The summed E-state index contributed by atoms with van der Waals surface area (Å²) in [5, 5.41) is 6.87. The summed E-state index contributed by atoms with van der Waals surface area (Å²) in [5.74, 6) is 1.82. The summed E-state index contributed by atoms with van der Waals surface area (Å²) in [5.41, 5.74) is 1.15. The molecule has 2 fully saturated rings. The van der Waals surface area contributed by atoms with Gasteiger partial charge in [0.15, 0.2) is 0 Å². The lowest BCUT2D eigenvalue weighted by atomic mass is 9.97. The summed E-state index contributed by atoms with van der Waals surface area (Å²) >= 11 is 13.4. The first-order valence-electron chi connectivity index (χ1n) is 11.7. The number of nitrogens with zero attached hydrogens (tertiary/aromatic N) is 5. The smallest absolute Gasteiger partial charge is 0.330 e. The molecule has 3 aliphatic heterocycles. The van der Waals surface area contributed by atoms with Crippen LogP contribution in [0.1, 0.15) is 18.4 Å². The third-order valence-electron chi connectivity index (χ3n) is 6.96. The SMILES string of the molecule is CNc1ncc2c(n1)N(C1CN(C3CCNCC3)C1)C(=O)N(c1c(Cl)c(OC)cc(OC)c1Cl)C2.Cl. The molecule has 1 aromatic carbocycles. The molecule has 0 saturated carbocycles. The number of hydrogen-bond acceptors (Lipinski definition) is 8. The summed E-state index contributed by atoms with van der Waals surface area (Å²) in [7, 11) is 4.77. The summed E-state index contributed by atoms with van der Waals surface area (Å²) in [4.78, 5) is 28.9. The van der Waals surface area contributed by atoms with E-state index in [1.54, 1.807) is 29.1 Å². The van der Waals surface area contributed by atoms with Gasteiger partial charge in [-0.15, -0.1) is 12.4 Å². The van der Waals surface area contributed by atoms with Crippen LogP contribution in [0.25, 0.3) is 0 Å². The number of benzene rings is 1. The second kappa shape index (κ2) is 11.0. The Morgan fingerprint density at radius 2 is 1.72 bits per heavy atom. The van der Waals surface area contributed by atoms with Crippen LogP contribution in [-0.2, 0) is 6.54 Å². The Morgan fingerprint density at radius 1 is 1.08 bits per heavy atom. The maximum absolute atomic E-state index is 14.1. The van der Waals surface area contributed by atoms with Crippen molar-refractivity contribution in [3.05, 3.63) is 27.9 Å². The Labute approximate surface area is 226 Å². The van der Waals surface area contributed by atoms with Crippen LogP contribution in [0, 0.1) is 0 Å². The third kappa shape index (κ3) is 4.61. The van der Waals surface area contributed by atoms with Gasteiger partial charge in [0, 0.05) is 44.0 Å². The molecule has 0 bridgehead atoms. The number of carbonyl (C=O) groups excluding carboxylic acids is 1. The van der Waals surface area contributed by atoms with Gasteiger partial charge in [0.25, 0.3) is 0 Å². The molecule has 13 heteroatoms. The number of halogens is 3. The minimum Gasteiger partial charge on any atom is -0.495 e. The molecule has 4 heterocycles. The van der Waals surface area contributed by atoms with E-state index in [2.05, 4.69) is 25.5 Å². The lowest BCUT2D eigenvalue weighted by Gasteiger charge is -2.51. The van der Waals surface area contributed by atoms with Crippen LogP contribution >= 0.6 is 35.6 Å². The van der Waals surface area contributed by atoms with Crippen molar-refractivity contribution in [2.45, 2.75) is 31.5 Å². The van der Waals surface area contributed by atoms with E-state index in [-0.39, 0.29) is 41.1 Å². The summed E-state index contributed by atoms with van der Waals surface area (Å²) in [6, 6.07) is 1.88. The summed E-state index contributed by atoms with van der Waals surface area (Å²) < 4.78 is 10.9. The van der Waals surface area contributed by atoms with Gasteiger partial charge in [-0.3, -0.25) is 14.7 Å². The number of piperidine rings is 1. The Kier molecular flexibility index (Phi) is 8.21. The molecule has 0 unspecified atom stereocenters. The van der Waals surface area contributed by atoms with E-state index in [1.807, 2.05) is 0 Å². The maximum Gasteiger partial charge on any atom is 0.330 e. The van der Waals surface area contributed by atoms with Crippen molar-refractivity contribution in [1.29, 1.82) is 0 Å². The third-order valence-corrected chi connectivity index (χ3v) is 7.69. The number of rotatable bonds is 6. The Balaban J connectivity index is 0.00000304. The standard InChI is InChI=1S/C23H29Cl2N7O3.ClH/c1-26-22-28-9-13-10-31(20-18(24)16(34-2)8-17(35-3)19(20)25)23(33)32(21(13)29-22)15-11-30(12-15)14-4-6-27-7-5-14;/h8-9,14-15,27H,4-7,10-12H2,1-3H3,(H,26,28,29);1H. The van der Waals surface area contributed by atoms with Crippen LogP contribution in [0.5, 0.6) is 11.5 Å². The number of fused-ring (bicyclic) bond motifs is 1. The highest BCUT2D eigenvalue weighted by Crippen LogP contribution is 2.48. The van der Waals surface area contributed by atoms with E-state index < -0.39 is 0 Å². The number of aromatic nitrogens is 2. The molecule has 5 rings (SSSR count). The fourth-order valence-electron chi connectivity index (χ4n) is 5.03. The molecule has 0 spiro atoms. The number of carbonyl (C=O) groups is 1. The molecule has 0 atom stereocenters. The molecule has 2 N–H and O–H groups in total. The zero-order chi connectivity index (χ0) is 24.7. The first-order chi connectivity index (χ1) is 17.0. The number of hydrogen-bond donors (Lipinski definition) is 2. The molecule has 196 valence electrons. The molecule has 2 amide bonds. The molecule has 10 nitrogen and oxygen atoms in total. The van der Waals surface area contributed by atoms with Gasteiger partial charge >= 0.3 is 6.03 Å². The van der Waals surface area contributed by atoms with Crippen LogP contribution < -0.4 is 29.9 Å². The summed E-state index contributed by atoms with van der Waals surface area (Å²) in [6.07, 6.45) is 3.97. The van der Waals surface area contributed by atoms with Gasteiger partial charge in [-0.1, -0.05) is 23.2 Å². The lowest BCUT2D eigenvalue weighted by molar-refractivity contribution is 0.0733. The number of methoxy groups -OCH3 is 2. The lowest BCUT2D eigenvalue weighted by Crippen LogP contribution is -2.67. The Hall–Kier alpha value is -2.24. The molecule has 0 radical (unpaired) electrons. The molecule has 3 aliphatic rings. The van der Waals surface area contributed by atoms with Crippen LogP contribution in [0.2, 0.25) is 10.0 Å². The number of likely N-dealkylation sites (tertiary alicyclic amines) is 1. The Morgan fingerprint density at radius 3 is 2.31 bits per heavy atom. The molecule has 0 aliphatic carbocycles. The topological polar surface area (TPSA) is 95.1 Å². The zero-order valence-electron chi connectivity index (χ0n) is 20.4. The van der Waals surface area contributed by atoms with Crippen LogP contribution in [0.4, 0.5) is 22.2 Å². The van der Waals surface area contributed by atoms with Crippen molar-refractivity contribution >= 4 is 59.1 Å². The number of urea groups is 1. The monoisotopic (exact) mass is 557 g/mol. The van der Waals surface area contributed by atoms with Gasteiger partial charge in [-0.25, -0.2) is 9.78 Å². The summed E-state index contributed by atoms with van der Waals surface area (Å²) in [6.45, 7) is 3.84. The fourth-order valence-corrected chi connectivity index (χ4v) is 5.74. The van der Waals surface area contributed by atoms with E-state index in [0.717, 1.165) is 44.6 Å². The largest absolute Gasteiger partial charge is 0.495 e. The van der Waals surface area contributed by atoms with Crippen molar-refractivity contribution in [2.75, 3.05) is 62.6 Å². The van der Waals surface area contributed by atoms with Crippen molar-refractivity contribution in [2.24, 2.45) is 0 Å². The van der Waals surface area contributed by atoms with Crippen LogP contribution in [0.3, 0.4) is 0 Å². The average molecular weight is 559 g/mol. The van der Waals surface area contributed by atoms with E-state index in [0.29, 0.717) is 35.0 Å². The predicted octanol–water partition coefficient (Wildman–Crippen LogP) is 3.65. The van der Waals surface area contributed by atoms with Gasteiger partial charge in [-0.2, -0.15) is 4.98 Å². The number of ether oxygens (including phenoxy) is 2. The van der Waals surface area contributed by atoms with Crippen molar-refractivity contribution < 1.29 is 14.3 Å². The van der Waals surface area contributed by atoms with E-state index in [9.17, 15) is 4.79 Å². The molecular weight excluding hydrogens is 529 g/mol. The molecule has 1 aromatic heterocycles. The van der Waals surface area contributed by atoms with Crippen molar-refractivity contribution in [3.63, 3.8) is 0 Å². The van der Waals surface area contributed by atoms with Crippen molar-refractivity contribution in [1.82, 2.24) is 20.2 Å². The van der Waals surface area contributed by atoms with Crippen LogP contribution in [-0.4, -0.2) is 80.4 Å². The van der Waals surface area contributed by atoms with Crippen molar-refractivity contribution in [3.8, 4) is 11.5 Å². The van der Waals surface area contributed by atoms with Gasteiger partial charge < -0.3 is 20.1 Å². The van der Waals surface area contributed by atoms with Gasteiger partial charge in [0.05, 0.1) is 32.5 Å². The predicted molar refractivity (Wildman–Crippen MR) is 144 cm³/mol. The van der Waals surface area contributed by atoms with Gasteiger partial charge in [0.1, 0.15) is 27.4 Å². The number of nitrogens with one attached hydrogen (secondary N) is 2. The minimum atomic E-state index is -0.243. The molecular formula is C23H30Cl3N7O3. The minimum absolute atomic E-state index is 0. The normalized spacial score (nSPS) is 18.9. The first kappa shape index (κ1) is 26.8. The highest BCUT2D eigenvalue weighted by Gasteiger charge is 2.45. The number of anilines is 3. The van der Waals surface area contributed by atoms with E-state index in [4.69, 9.17) is 32.7 Å². The highest BCUT2D eigenvalue weighted by atomic mass is 35.5. The van der Waals surface area contributed by atoms with Crippen LogP contribution in [0.15, 0.2) is 12.3 Å². The van der Waals surface area contributed by atoms with E-state index in [1.165, 1.54) is 14.2 Å². The van der Waals surface area contributed by atoms with Gasteiger partial charge in [0.2, 0.25) is 5.95 Å².